The molecule has 0 aliphatic carbocycles. The molecule has 7 nitrogen and oxygen atoms in total. The van der Waals surface area contributed by atoms with Crippen LogP contribution in [-0.4, -0.2) is 52.7 Å². The van der Waals surface area contributed by atoms with Gasteiger partial charge in [-0.05, 0) is 18.2 Å². The van der Waals surface area contributed by atoms with Gasteiger partial charge in [-0.3, -0.25) is 19.7 Å². The molecule has 3 rings (SSSR count). The highest BCUT2D eigenvalue weighted by molar-refractivity contribution is 7.17. The van der Waals surface area contributed by atoms with Gasteiger partial charge in [0.15, 0.2) is 0 Å². The largest absolute Gasteiger partial charge is 0.335 e. The molecule has 0 radical (unpaired) electrons. The Balaban J connectivity index is 1.61. The molecule has 2 aromatic rings. The molecular formula is C16H15N3O4S. The molecule has 8 heteroatoms. The average Bonchev–Trinajstić information content (AvgIpc) is 3.12. The van der Waals surface area contributed by atoms with Gasteiger partial charge in [-0.1, -0.05) is 29.5 Å². The van der Waals surface area contributed by atoms with E-state index < -0.39 is 4.92 Å². The summed E-state index contributed by atoms with van der Waals surface area (Å²) in [5.41, 5.74) is 0.631. The summed E-state index contributed by atoms with van der Waals surface area (Å²) < 4.78 is 0. The summed E-state index contributed by atoms with van der Waals surface area (Å²) in [7, 11) is 0. The molecule has 0 spiro atoms. The lowest BCUT2D eigenvalue weighted by Crippen LogP contribution is -2.50. The van der Waals surface area contributed by atoms with Crippen molar-refractivity contribution in [2.45, 2.75) is 0 Å². The van der Waals surface area contributed by atoms with E-state index in [0.29, 0.717) is 36.6 Å². The molecule has 24 heavy (non-hydrogen) atoms. The zero-order chi connectivity index (χ0) is 17.1. The maximum atomic E-state index is 12.4. The topological polar surface area (TPSA) is 83.8 Å². The van der Waals surface area contributed by atoms with Crippen LogP contribution in [0.4, 0.5) is 5.00 Å². The quantitative estimate of drug-likeness (QED) is 0.631. The van der Waals surface area contributed by atoms with Crippen LogP contribution in [0, 0.1) is 10.1 Å². The van der Waals surface area contributed by atoms with E-state index in [-0.39, 0.29) is 16.8 Å². The number of hydrogen-bond donors (Lipinski definition) is 0. The standard InChI is InChI=1S/C16H15N3O4S/c20-15(12-4-2-1-3-5-12)17-8-10-18(11-9-17)16(21)13-6-7-14(24-13)19(22)23/h1-7H,8-11H2. The van der Waals surface area contributed by atoms with Gasteiger partial charge in [-0.2, -0.15) is 0 Å². The molecular weight excluding hydrogens is 330 g/mol. The third-order valence-corrected chi connectivity index (χ3v) is 4.88. The summed E-state index contributed by atoms with van der Waals surface area (Å²) in [6.45, 7) is 1.74. The number of benzene rings is 1. The molecule has 0 N–H and O–H groups in total. The van der Waals surface area contributed by atoms with Crippen LogP contribution in [0.3, 0.4) is 0 Å². The fraction of sp³-hybridized carbons (Fsp3) is 0.250. The minimum Gasteiger partial charge on any atom is -0.335 e. The van der Waals surface area contributed by atoms with Gasteiger partial charge in [0.1, 0.15) is 0 Å². The number of nitro groups is 1. The predicted octanol–water partition coefficient (Wildman–Crippen LogP) is 2.25. The van der Waals surface area contributed by atoms with Crippen molar-refractivity contribution in [1.29, 1.82) is 0 Å². The van der Waals surface area contributed by atoms with E-state index in [2.05, 4.69) is 0 Å². The second-order valence-corrected chi connectivity index (χ2v) is 6.41. The Kier molecular flexibility index (Phi) is 4.57. The van der Waals surface area contributed by atoms with Gasteiger partial charge in [0.05, 0.1) is 9.80 Å². The van der Waals surface area contributed by atoms with Crippen LogP contribution in [0.5, 0.6) is 0 Å². The third-order valence-electron chi connectivity index (χ3n) is 3.86. The van der Waals surface area contributed by atoms with Gasteiger partial charge in [0.25, 0.3) is 11.8 Å². The Morgan fingerprint density at radius 3 is 2.04 bits per heavy atom. The molecule has 0 atom stereocenters. The van der Waals surface area contributed by atoms with Crippen molar-refractivity contribution in [3.63, 3.8) is 0 Å². The van der Waals surface area contributed by atoms with E-state index in [9.17, 15) is 19.7 Å². The summed E-state index contributed by atoms with van der Waals surface area (Å²) in [5, 5.41) is 10.7. The van der Waals surface area contributed by atoms with E-state index in [0.717, 1.165) is 11.3 Å². The molecule has 2 amide bonds. The van der Waals surface area contributed by atoms with Crippen LogP contribution in [0.2, 0.25) is 0 Å². The molecule has 1 aliphatic heterocycles. The molecule has 2 heterocycles. The maximum absolute atomic E-state index is 12.4. The van der Waals surface area contributed by atoms with E-state index in [1.165, 1.54) is 12.1 Å². The second-order valence-electron chi connectivity index (χ2n) is 5.35. The number of hydrogen-bond acceptors (Lipinski definition) is 5. The molecule has 0 bridgehead atoms. The minimum atomic E-state index is -0.502. The molecule has 1 saturated heterocycles. The van der Waals surface area contributed by atoms with Crippen LogP contribution in [-0.2, 0) is 0 Å². The summed E-state index contributed by atoms with van der Waals surface area (Å²) >= 11 is 0.876. The number of rotatable bonds is 3. The van der Waals surface area contributed by atoms with Gasteiger partial charge in [0, 0.05) is 37.8 Å². The molecule has 1 aromatic carbocycles. The third kappa shape index (κ3) is 3.28. The Bertz CT molecular complexity index is 767. The number of piperazine rings is 1. The zero-order valence-corrected chi connectivity index (χ0v) is 13.6. The Hall–Kier alpha value is -2.74. The molecule has 1 aliphatic rings. The normalized spacial score (nSPS) is 14.5. The van der Waals surface area contributed by atoms with Crippen LogP contribution in [0.15, 0.2) is 42.5 Å². The number of amides is 2. The van der Waals surface area contributed by atoms with Gasteiger partial charge in [0.2, 0.25) is 0 Å². The van der Waals surface area contributed by atoms with Crippen molar-refractivity contribution in [2.75, 3.05) is 26.2 Å². The molecule has 124 valence electrons. The van der Waals surface area contributed by atoms with Crippen LogP contribution in [0.25, 0.3) is 0 Å². The van der Waals surface area contributed by atoms with Crippen molar-refractivity contribution < 1.29 is 14.5 Å². The van der Waals surface area contributed by atoms with Crippen LogP contribution >= 0.6 is 11.3 Å². The molecule has 0 saturated carbocycles. The van der Waals surface area contributed by atoms with Gasteiger partial charge >= 0.3 is 5.00 Å². The molecule has 1 fully saturated rings. The highest BCUT2D eigenvalue weighted by Gasteiger charge is 2.27. The van der Waals surface area contributed by atoms with Crippen molar-refractivity contribution in [3.05, 3.63) is 63.0 Å². The highest BCUT2D eigenvalue weighted by atomic mass is 32.1. The van der Waals surface area contributed by atoms with Crippen LogP contribution < -0.4 is 0 Å². The summed E-state index contributed by atoms with van der Waals surface area (Å²) in [5.74, 6) is -0.269. The van der Waals surface area contributed by atoms with E-state index >= 15 is 0 Å². The van der Waals surface area contributed by atoms with Crippen molar-refractivity contribution in [2.24, 2.45) is 0 Å². The lowest BCUT2D eigenvalue weighted by molar-refractivity contribution is -0.380. The molecule has 0 unspecified atom stereocenters. The Morgan fingerprint density at radius 1 is 0.917 bits per heavy atom. The van der Waals surface area contributed by atoms with Gasteiger partial charge in [-0.15, -0.1) is 0 Å². The smallest absolute Gasteiger partial charge is 0.324 e. The fourth-order valence-corrected chi connectivity index (χ4v) is 3.36. The first kappa shape index (κ1) is 16.1. The van der Waals surface area contributed by atoms with Crippen molar-refractivity contribution in [3.8, 4) is 0 Å². The number of nitrogens with zero attached hydrogens (tertiary/aromatic N) is 3. The van der Waals surface area contributed by atoms with Gasteiger partial charge < -0.3 is 9.80 Å². The summed E-state index contributed by atoms with van der Waals surface area (Å²) in [6.07, 6.45) is 0. The minimum absolute atomic E-state index is 0.0451. The first-order valence-electron chi connectivity index (χ1n) is 7.44. The second kappa shape index (κ2) is 6.79. The zero-order valence-electron chi connectivity index (χ0n) is 12.8. The lowest BCUT2D eigenvalue weighted by Gasteiger charge is -2.34. The Labute approximate surface area is 142 Å². The fourth-order valence-electron chi connectivity index (χ4n) is 2.57. The first-order valence-corrected chi connectivity index (χ1v) is 8.26. The first-order chi connectivity index (χ1) is 11.6. The van der Waals surface area contributed by atoms with Crippen LogP contribution in [0.1, 0.15) is 20.0 Å². The Morgan fingerprint density at radius 2 is 1.50 bits per heavy atom. The van der Waals surface area contributed by atoms with E-state index in [4.69, 9.17) is 0 Å². The predicted molar refractivity (Wildman–Crippen MR) is 89.2 cm³/mol. The number of carbonyl (C=O) groups excluding carboxylic acids is 2. The highest BCUT2D eigenvalue weighted by Crippen LogP contribution is 2.25. The number of thiophene rings is 1. The monoisotopic (exact) mass is 345 g/mol. The SMILES string of the molecule is O=C(c1ccccc1)N1CCN(C(=O)c2ccc([N+](=O)[O-])s2)CC1. The summed E-state index contributed by atoms with van der Waals surface area (Å²) in [6, 6.07) is 11.8. The summed E-state index contributed by atoms with van der Waals surface area (Å²) in [4.78, 5) is 38.7. The molecule has 1 aromatic heterocycles. The van der Waals surface area contributed by atoms with E-state index in [1.807, 2.05) is 18.2 Å². The number of carbonyl (C=O) groups is 2. The average molecular weight is 345 g/mol. The maximum Gasteiger partial charge on any atom is 0.324 e. The van der Waals surface area contributed by atoms with Gasteiger partial charge in [-0.25, -0.2) is 0 Å². The van der Waals surface area contributed by atoms with Crippen molar-refractivity contribution in [1.82, 2.24) is 9.80 Å². The lowest BCUT2D eigenvalue weighted by atomic mass is 10.2. The van der Waals surface area contributed by atoms with Crippen molar-refractivity contribution >= 4 is 28.2 Å². The van der Waals surface area contributed by atoms with E-state index in [1.54, 1.807) is 21.9 Å².